The van der Waals surface area contributed by atoms with Crippen molar-refractivity contribution in [2.24, 2.45) is 5.73 Å². The highest BCUT2D eigenvalue weighted by Crippen LogP contribution is 2.23. The number of carbonyl (C=O) groups excluding carboxylic acids is 1. The van der Waals surface area contributed by atoms with Crippen LogP contribution in [0.1, 0.15) is 24.8 Å². The van der Waals surface area contributed by atoms with Crippen molar-refractivity contribution in [1.29, 1.82) is 0 Å². The normalized spacial score (nSPS) is 18.0. The molecule has 1 aliphatic rings. The predicted molar refractivity (Wildman–Crippen MR) is 64.0 cm³/mol. The first-order valence-corrected chi connectivity index (χ1v) is 5.81. The molecule has 2 rings (SSSR count). The van der Waals surface area contributed by atoms with E-state index in [1.807, 2.05) is 35.2 Å². The van der Waals surface area contributed by atoms with Gasteiger partial charge in [0.2, 0.25) is 5.91 Å². The Balaban J connectivity index is 2.08. The zero-order chi connectivity index (χ0) is 11.5. The molecule has 1 fully saturated rings. The maximum atomic E-state index is 12.2. The summed E-state index contributed by atoms with van der Waals surface area (Å²) in [6.45, 7) is 3.47. The Bertz CT molecular complexity index is 357. The van der Waals surface area contributed by atoms with Crippen LogP contribution in [0.4, 0.5) is 0 Å². The maximum Gasteiger partial charge on any atom is 0.230 e. The summed E-state index contributed by atoms with van der Waals surface area (Å²) in [5.41, 5.74) is 6.80. The van der Waals surface area contributed by atoms with E-state index in [1.54, 1.807) is 0 Å². The van der Waals surface area contributed by atoms with Gasteiger partial charge in [0, 0.05) is 19.1 Å². The Kier molecular flexibility index (Phi) is 3.25. The molecule has 0 radical (unpaired) electrons. The van der Waals surface area contributed by atoms with Crippen molar-refractivity contribution in [2.45, 2.75) is 25.3 Å². The standard InChI is InChI=1S/C13H18N2O/c1-2-12(10-6-4-3-5-7-10)13(16)15-8-11(14)9-15/h3-7,11-12H,2,8-9,14H2,1H3/t12-/m0/s1. The fraction of sp³-hybridized carbons (Fsp3) is 0.462. The summed E-state index contributed by atoms with van der Waals surface area (Å²) < 4.78 is 0. The van der Waals surface area contributed by atoms with Crippen molar-refractivity contribution >= 4 is 5.91 Å². The minimum atomic E-state index is -0.00583. The van der Waals surface area contributed by atoms with Gasteiger partial charge in [0.15, 0.2) is 0 Å². The van der Waals surface area contributed by atoms with Gasteiger partial charge in [-0.3, -0.25) is 4.79 Å². The fourth-order valence-electron chi connectivity index (χ4n) is 2.15. The summed E-state index contributed by atoms with van der Waals surface area (Å²) in [4.78, 5) is 14.0. The predicted octanol–water partition coefficient (Wildman–Crippen LogP) is 1.35. The van der Waals surface area contributed by atoms with Gasteiger partial charge in [-0.25, -0.2) is 0 Å². The van der Waals surface area contributed by atoms with Crippen LogP contribution in [0.25, 0.3) is 0 Å². The highest BCUT2D eigenvalue weighted by Gasteiger charge is 2.32. The van der Waals surface area contributed by atoms with E-state index in [0.29, 0.717) is 13.1 Å². The molecule has 0 unspecified atom stereocenters. The monoisotopic (exact) mass is 218 g/mol. The summed E-state index contributed by atoms with van der Waals surface area (Å²) in [5, 5.41) is 0. The lowest BCUT2D eigenvalue weighted by Gasteiger charge is -2.39. The number of hydrogen-bond donors (Lipinski definition) is 1. The van der Waals surface area contributed by atoms with Gasteiger partial charge in [-0.15, -0.1) is 0 Å². The van der Waals surface area contributed by atoms with Gasteiger partial charge >= 0.3 is 0 Å². The summed E-state index contributed by atoms with van der Waals surface area (Å²) >= 11 is 0. The van der Waals surface area contributed by atoms with Crippen molar-refractivity contribution in [1.82, 2.24) is 4.90 Å². The first kappa shape index (κ1) is 11.1. The number of amides is 1. The molecule has 0 saturated carbocycles. The third kappa shape index (κ3) is 2.09. The van der Waals surface area contributed by atoms with Crippen molar-refractivity contribution in [3.63, 3.8) is 0 Å². The SMILES string of the molecule is CC[C@H](C(=O)N1CC(N)C1)c1ccccc1. The van der Waals surface area contributed by atoms with Gasteiger partial charge in [0.05, 0.1) is 5.92 Å². The third-order valence-corrected chi connectivity index (χ3v) is 3.13. The number of benzene rings is 1. The minimum Gasteiger partial charge on any atom is -0.339 e. The lowest BCUT2D eigenvalue weighted by molar-refractivity contribution is -0.137. The van der Waals surface area contributed by atoms with Crippen LogP contribution in [0.5, 0.6) is 0 Å². The minimum absolute atomic E-state index is 0.00583. The summed E-state index contributed by atoms with van der Waals surface area (Å²) in [6, 6.07) is 10.1. The van der Waals surface area contributed by atoms with Gasteiger partial charge in [-0.2, -0.15) is 0 Å². The van der Waals surface area contributed by atoms with Gasteiger partial charge in [0.1, 0.15) is 0 Å². The molecule has 0 bridgehead atoms. The molecule has 1 atom stereocenters. The second kappa shape index (κ2) is 4.66. The first-order valence-electron chi connectivity index (χ1n) is 5.81. The lowest BCUT2D eigenvalue weighted by Crippen LogP contribution is -2.58. The summed E-state index contributed by atoms with van der Waals surface area (Å²) in [7, 11) is 0. The Morgan fingerprint density at radius 1 is 1.44 bits per heavy atom. The van der Waals surface area contributed by atoms with E-state index < -0.39 is 0 Å². The topological polar surface area (TPSA) is 46.3 Å². The van der Waals surface area contributed by atoms with Crippen LogP contribution in [-0.2, 0) is 4.79 Å². The molecule has 1 aromatic carbocycles. The van der Waals surface area contributed by atoms with Crippen molar-refractivity contribution in [2.75, 3.05) is 13.1 Å². The Labute approximate surface area is 96.2 Å². The third-order valence-electron chi connectivity index (χ3n) is 3.13. The molecule has 1 aromatic rings. The maximum absolute atomic E-state index is 12.2. The molecule has 0 aromatic heterocycles. The molecule has 2 N–H and O–H groups in total. The molecule has 0 spiro atoms. The van der Waals surface area contributed by atoms with Crippen LogP contribution >= 0.6 is 0 Å². The quantitative estimate of drug-likeness (QED) is 0.832. The number of nitrogens with zero attached hydrogens (tertiary/aromatic N) is 1. The molecule has 1 aliphatic heterocycles. The number of likely N-dealkylation sites (tertiary alicyclic amines) is 1. The molecule has 1 heterocycles. The number of rotatable bonds is 3. The molecule has 0 aliphatic carbocycles. The first-order chi connectivity index (χ1) is 7.72. The van der Waals surface area contributed by atoms with Crippen LogP contribution in [0.2, 0.25) is 0 Å². The Morgan fingerprint density at radius 2 is 2.06 bits per heavy atom. The molecule has 16 heavy (non-hydrogen) atoms. The molecule has 1 amide bonds. The summed E-state index contributed by atoms with van der Waals surface area (Å²) in [6.07, 6.45) is 0.842. The highest BCUT2D eigenvalue weighted by atomic mass is 16.2. The smallest absolute Gasteiger partial charge is 0.230 e. The van der Waals surface area contributed by atoms with Gasteiger partial charge in [-0.1, -0.05) is 37.3 Å². The van der Waals surface area contributed by atoms with Crippen molar-refractivity contribution in [3.05, 3.63) is 35.9 Å². The molecule has 3 heteroatoms. The average Bonchev–Trinajstić information content (AvgIpc) is 2.27. The zero-order valence-electron chi connectivity index (χ0n) is 9.60. The summed E-state index contributed by atoms with van der Waals surface area (Å²) in [5.74, 6) is 0.212. The van der Waals surface area contributed by atoms with Crippen LogP contribution in [0.15, 0.2) is 30.3 Å². The van der Waals surface area contributed by atoms with E-state index >= 15 is 0 Å². The van der Waals surface area contributed by atoms with Gasteiger partial charge in [-0.05, 0) is 12.0 Å². The molecule has 3 nitrogen and oxygen atoms in total. The molecular weight excluding hydrogens is 200 g/mol. The second-order valence-electron chi connectivity index (χ2n) is 4.37. The second-order valence-corrected chi connectivity index (χ2v) is 4.37. The van der Waals surface area contributed by atoms with Crippen molar-refractivity contribution in [3.8, 4) is 0 Å². The van der Waals surface area contributed by atoms with E-state index in [4.69, 9.17) is 5.73 Å². The average molecular weight is 218 g/mol. The number of hydrogen-bond acceptors (Lipinski definition) is 2. The van der Waals surface area contributed by atoms with E-state index in [0.717, 1.165) is 12.0 Å². The molecule has 86 valence electrons. The van der Waals surface area contributed by atoms with E-state index in [-0.39, 0.29) is 17.9 Å². The molecule has 1 saturated heterocycles. The van der Waals surface area contributed by atoms with E-state index in [1.165, 1.54) is 0 Å². The highest BCUT2D eigenvalue weighted by molar-refractivity contribution is 5.84. The van der Waals surface area contributed by atoms with Crippen LogP contribution in [-0.4, -0.2) is 29.9 Å². The van der Waals surface area contributed by atoms with E-state index in [2.05, 4.69) is 6.92 Å². The van der Waals surface area contributed by atoms with Crippen molar-refractivity contribution < 1.29 is 4.79 Å². The number of carbonyl (C=O) groups is 1. The molecular formula is C13H18N2O. The largest absolute Gasteiger partial charge is 0.339 e. The zero-order valence-corrected chi connectivity index (χ0v) is 9.60. The Morgan fingerprint density at radius 3 is 2.56 bits per heavy atom. The number of nitrogens with two attached hydrogens (primary N) is 1. The Hall–Kier alpha value is -1.35. The van der Waals surface area contributed by atoms with Gasteiger partial charge < -0.3 is 10.6 Å². The lowest BCUT2D eigenvalue weighted by atomic mass is 9.93. The van der Waals surface area contributed by atoms with Gasteiger partial charge in [0.25, 0.3) is 0 Å². The van der Waals surface area contributed by atoms with Crippen LogP contribution in [0.3, 0.4) is 0 Å². The van der Waals surface area contributed by atoms with Crippen LogP contribution < -0.4 is 5.73 Å². The van der Waals surface area contributed by atoms with Crippen LogP contribution in [0, 0.1) is 0 Å². The fourth-order valence-corrected chi connectivity index (χ4v) is 2.15. The van der Waals surface area contributed by atoms with E-state index in [9.17, 15) is 4.79 Å².